The van der Waals surface area contributed by atoms with E-state index in [2.05, 4.69) is 12.2 Å². The molecule has 0 bridgehead atoms. The third-order valence-electron chi connectivity index (χ3n) is 4.95. The maximum atomic E-state index is 13.1. The first kappa shape index (κ1) is 25.3. The number of unbranched alkanes of at least 4 members (excludes halogenated alkanes) is 1. The van der Waals surface area contributed by atoms with Gasteiger partial charge in [0.2, 0.25) is 5.91 Å². The van der Waals surface area contributed by atoms with Gasteiger partial charge in [-0.15, -0.1) is 0 Å². The van der Waals surface area contributed by atoms with Crippen LogP contribution in [0.4, 0.5) is 0 Å². The van der Waals surface area contributed by atoms with Gasteiger partial charge in [0.15, 0.2) is 6.61 Å². The average molecular weight is 463 g/mol. The number of nitrogens with one attached hydrogen (secondary N) is 1. The van der Waals surface area contributed by atoms with E-state index in [4.69, 9.17) is 25.8 Å². The first-order valence-corrected chi connectivity index (χ1v) is 10.9. The van der Waals surface area contributed by atoms with Gasteiger partial charge in [0.25, 0.3) is 5.91 Å². The first-order valence-electron chi connectivity index (χ1n) is 10.6. The Balaban J connectivity index is 2.15. The van der Waals surface area contributed by atoms with Crippen molar-refractivity contribution >= 4 is 23.4 Å². The van der Waals surface area contributed by atoms with Crippen molar-refractivity contribution in [1.82, 2.24) is 10.2 Å². The summed E-state index contributed by atoms with van der Waals surface area (Å²) in [5.74, 6) is 1.01. The van der Waals surface area contributed by atoms with Crippen molar-refractivity contribution in [2.45, 2.75) is 39.3 Å². The second kappa shape index (κ2) is 12.8. The van der Waals surface area contributed by atoms with Crippen molar-refractivity contribution in [3.63, 3.8) is 0 Å². The Morgan fingerprint density at radius 2 is 1.62 bits per heavy atom. The van der Waals surface area contributed by atoms with E-state index >= 15 is 0 Å². The van der Waals surface area contributed by atoms with Crippen molar-refractivity contribution in [3.05, 3.63) is 53.1 Å². The van der Waals surface area contributed by atoms with Crippen LogP contribution in [0.1, 0.15) is 32.3 Å². The maximum absolute atomic E-state index is 13.1. The number of ether oxygens (including phenoxy) is 3. The molecule has 2 aromatic rings. The van der Waals surface area contributed by atoms with E-state index in [1.165, 1.54) is 19.1 Å². The van der Waals surface area contributed by atoms with Crippen molar-refractivity contribution in [2.75, 3.05) is 27.4 Å². The molecule has 1 N–H and O–H groups in total. The quantitative estimate of drug-likeness (QED) is 0.481. The summed E-state index contributed by atoms with van der Waals surface area (Å²) in [6.07, 6.45) is 1.85. The monoisotopic (exact) mass is 462 g/mol. The fourth-order valence-electron chi connectivity index (χ4n) is 3.00. The number of hydrogen-bond donors (Lipinski definition) is 1. The highest BCUT2D eigenvalue weighted by Gasteiger charge is 2.26. The highest BCUT2D eigenvalue weighted by atomic mass is 35.5. The maximum Gasteiger partial charge on any atom is 0.261 e. The van der Waals surface area contributed by atoms with Gasteiger partial charge in [-0.25, -0.2) is 0 Å². The molecule has 2 rings (SSSR count). The number of amides is 2. The lowest BCUT2D eigenvalue weighted by Crippen LogP contribution is -2.49. The molecule has 174 valence electrons. The van der Waals surface area contributed by atoms with Gasteiger partial charge < -0.3 is 24.4 Å². The molecule has 0 aliphatic heterocycles. The van der Waals surface area contributed by atoms with Crippen LogP contribution in [0.2, 0.25) is 5.02 Å². The molecule has 0 aliphatic rings. The highest BCUT2D eigenvalue weighted by molar-refractivity contribution is 6.30. The molecule has 0 heterocycles. The molecule has 0 fully saturated rings. The van der Waals surface area contributed by atoms with Gasteiger partial charge in [-0.05, 0) is 31.0 Å². The van der Waals surface area contributed by atoms with Crippen LogP contribution >= 0.6 is 11.6 Å². The van der Waals surface area contributed by atoms with Gasteiger partial charge in [0.1, 0.15) is 23.3 Å². The van der Waals surface area contributed by atoms with Gasteiger partial charge in [0, 0.05) is 36.3 Å². The zero-order chi connectivity index (χ0) is 23.5. The minimum Gasteiger partial charge on any atom is -0.496 e. The summed E-state index contributed by atoms with van der Waals surface area (Å²) < 4.78 is 16.2. The van der Waals surface area contributed by atoms with Crippen molar-refractivity contribution in [2.24, 2.45) is 0 Å². The van der Waals surface area contributed by atoms with Crippen LogP contribution in [0.25, 0.3) is 0 Å². The van der Waals surface area contributed by atoms with Crippen LogP contribution in [0.15, 0.2) is 42.5 Å². The molecule has 0 radical (unpaired) electrons. The van der Waals surface area contributed by atoms with E-state index in [1.54, 1.807) is 37.3 Å². The topological polar surface area (TPSA) is 77.1 Å². The molecule has 0 aromatic heterocycles. The molecule has 2 amide bonds. The fourth-order valence-corrected chi connectivity index (χ4v) is 3.12. The Morgan fingerprint density at radius 3 is 2.19 bits per heavy atom. The molecular weight excluding hydrogens is 432 g/mol. The SMILES string of the molecule is CCCCNC(=O)C(C)N(Cc1ccc(Cl)cc1)C(=O)COc1cc(OC)cc(OC)c1. The van der Waals surface area contributed by atoms with E-state index in [1.807, 2.05) is 12.1 Å². The highest BCUT2D eigenvalue weighted by Crippen LogP contribution is 2.27. The third-order valence-corrected chi connectivity index (χ3v) is 5.20. The Bertz CT molecular complexity index is 866. The van der Waals surface area contributed by atoms with Crippen LogP contribution in [0.3, 0.4) is 0 Å². The van der Waals surface area contributed by atoms with Crippen LogP contribution in [0.5, 0.6) is 17.2 Å². The lowest BCUT2D eigenvalue weighted by Gasteiger charge is -2.28. The molecule has 0 aliphatic carbocycles. The lowest BCUT2D eigenvalue weighted by molar-refractivity contribution is -0.142. The van der Waals surface area contributed by atoms with Gasteiger partial charge in [-0.1, -0.05) is 37.1 Å². The predicted molar refractivity (Wildman–Crippen MR) is 124 cm³/mol. The number of methoxy groups -OCH3 is 2. The largest absolute Gasteiger partial charge is 0.496 e. The van der Waals surface area contributed by atoms with Crippen LogP contribution < -0.4 is 19.5 Å². The molecule has 1 unspecified atom stereocenters. The molecule has 0 spiro atoms. The van der Waals surface area contributed by atoms with E-state index in [0.29, 0.717) is 28.8 Å². The van der Waals surface area contributed by atoms with E-state index in [0.717, 1.165) is 18.4 Å². The van der Waals surface area contributed by atoms with Crippen LogP contribution in [-0.4, -0.2) is 50.1 Å². The van der Waals surface area contributed by atoms with Gasteiger partial charge >= 0.3 is 0 Å². The zero-order valence-corrected chi connectivity index (χ0v) is 19.8. The van der Waals surface area contributed by atoms with Crippen LogP contribution in [0, 0.1) is 0 Å². The van der Waals surface area contributed by atoms with E-state index < -0.39 is 6.04 Å². The zero-order valence-electron chi connectivity index (χ0n) is 19.0. The summed E-state index contributed by atoms with van der Waals surface area (Å²) in [5, 5.41) is 3.49. The normalized spacial score (nSPS) is 11.4. The second-order valence-corrected chi connectivity index (χ2v) is 7.74. The van der Waals surface area contributed by atoms with Crippen molar-refractivity contribution in [1.29, 1.82) is 0 Å². The van der Waals surface area contributed by atoms with Crippen molar-refractivity contribution in [3.8, 4) is 17.2 Å². The Kier molecular flexibility index (Phi) is 10.1. The minimum atomic E-state index is -0.668. The number of benzene rings is 2. The Morgan fingerprint density at radius 1 is 1.03 bits per heavy atom. The summed E-state index contributed by atoms with van der Waals surface area (Å²) in [6.45, 7) is 4.35. The lowest BCUT2D eigenvalue weighted by atomic mass is 10.1. The number of halogens is 1. The molecule has 1 atom stereocenters. The summed E-state index contributed by atoms with van der Waals surface area (Å²) >= 11 is 5.98. The average Bonchev–Trinajstić information content (AvgIpc) is 2.81. The third kappa shape index (κ3) is 7.64. The Hall–Kier alpha value is -2.93. The molecular formula is C24H31ClN2O5. The van der Waals surface area contributed by atoms with E-state index in [-0.39, 0.29) is 25.0 Å². The fraction of sp³-hybridized carbons (Fsp3) is 0.417. The molecule has 0 saturated carbocycles. The molecule has 2 aromatic carbocycles. The van der Waals surface area contributed by atoms with Crippen molar-refractivity contribution < 1.29 is 23.8 Å². The molecule has 0 saturated heterocycles. The van der Waals surface area contributed by atoms with E-state index in [9.17, 15) is 9.59 Å². The summed E-state index contributed by atoms with van der Waals surface area (Å²) in [4.78, 5) is 27.3. The number of hydrogen-bond acceptors (Lipinski definition) is 5. The smallest absolute Gasteiger partial charge is 0.261 e. The standard InChI is InChI=1S/C24H31ClN2O5/c1-5-6-11-26-24(29)17(2)27(15-18-7-9-19(25)10-8-18)23(28)16-32-22-13-20(30-3)12-21(14-22)31-4/h7-10,12-14,17H,5-6,11,15-16H2,1-4H3,(H,26,29). The predicted octanol–water partition coefficient (Wildman–Crippen LogP) is 4.07. The molecule has 7 nitrogen and oxygen atoms in total. The molecule has 32 heavy (non-hydrogen) atoms. The Labute approximate surface area is 194 Å². The number of carbonyl (C=O) groups is 2. The molecule has 8 heteroatoms. The summed E-state index contributed by atoms with van der Waals surface area (Å²) in [5.41, 5.74) is 0.860. The van der Waals surface area contributed by atoms with Gasteiger partial charge in [-0.2, -0.15) is 0 Å². The second-order valence-electron chi connectivity index (χ2n) is 7.31. The van der Waals surface area contributed by atoms with Crippen LogP contribution in [-0.2, 0) is 16.1 Å². The number of carbonyl (C=O) groups excluding carboxylic acids is 2. The van der Waals surface area contributed by atoms with Gasteiger partial charge in [0.05, 0.1) is 14.2 Å². The number of nitrogens with zero attached hydrogens (tertiary/aromatic N) is 1. The summed E-state index contributed by atoms with van der Waals surface area (Å²) in [7, 11) is 3.08. The minimum absolute atomic E-state index is 0.205. The van der Waals surface area contributed by atoms with Gasteiger partial charge in [-0.3, -0.25) is 9.59 Å². The number of rotatable bonds is 12. The summed E-state index contributed by atoms with van der Waals surface area (Å²) in [6, 6.07) is 11.6. The first-order chi connectivity index (χ1) is 15.4.